The van der Waals surface area contributed by atoms with E-state index >= 15 is 0 Å². The first kappa shape index (κ1) is 32.6. The van der Waals surface area contributed by atoms with Gasteiger partial charge in [0.15, 0.2) is 17.5 Å². The topological polar surface area (TPSA) is 182 Å². The van der Waals surface area contributed by atoms with Gasteiger partial charge in [0, 0.05) is 41.3 Å². The van der Waals surface area contributed by atoms with E-state index in [-0.39, 0.29) is 81.7 Å². The fourth-order valence-corrected chi connectivity index (χ4v) is 4.50. The molecule has 0 radical (unpaired) electrons. The molecule has 5 aromatic rings. The van der Waals surface area contributed by atoms with Crippen molar-refractivity contribution in [1.82, 2.24) is 38.2 Å². The minimum Gasteiger partial charge on any atom is -0.790 e. The van der Waals surface area contributed by atoms with E-state index in [2.05, 4.69) is 24.7 Å². The van der Waals surface area contributed by atoms with Crippen LogP contribution in [0.15, 0.2) is 51.4 Å². The first-order valence-corrected chi connectivity index (χ1v) is 13.6. The molecule has 0 amide bonds. The van der Waals surface area contributed by atoms with Crippen molar-refractivity contribution in [2.45, 2.75) is 19.8 Å². The van der Waals surface area contributed by atoms with Gasteiger partial charge in [-0.2, -0.15) is 10.2 Å². The predicted octanol–water partition coefficient (Wildman–Crippen LogP) is -5.96. The van der Waals surface area contributed by atoms with Crippen molar-refractivity contribution in [1.29, 1.82) is 0 Å². The molecule has 45 heavy (non-hydrogen) atoms. The summed E-state index contributed by atoms with van der Waals surface area (Å²) >= 11 is 6.38. The number of nitrogens with zero attached hydrogens (tertiary/aromatic N) is 9. The number of phosphoric ester groups is 1. The Morgan fingerprint density at radius 3 is 2.33 bits per heavy atom. The van der Waals surface area contributed by atoms with Crippen LogP contribution >= 0.6 is 19.4 Å². The molecule has 3 heterocycles. The molecule has 0 aliphatic rings. The number of fused-ring (bicyclic) bond motifs is 1. The molecule has 0 saturated heterocycles. The fraction of sp³-hybridized carbons (Fsp3) is 0.217. The van der Waals surface area contributed by atoms with Gasteiger partial charge in [0.1, 0.15) is 18.9 Å². The third-order valence-electron chi connectivity index (χ3n) is 5.92. The molecule has 22 heteroatoms. The van der Waals surface area contributed by atoms with Gasteiger partial charge in [0.25, 0.3) is 0 Å². The van der Waals surface area contributed by atoms with Crippen LogP contribution in [-0.2, 0) is 42.9 Å². The second-order valence-corrected chi connectivity index (χ2v) is 10.5. The molecule has 0 unspecified atom stereocenters. The second-order valence-electron chi connectivity index (χ2n) is 8.91. The molecule has 0 fully saturated rings. The third kappa shape index (κ3) is 8.33. The van der Waals surface area contributed by atoms with Gasteiger partial charge in [-0.3, -0.25) is 13.9 Å². The van der Waals surface area contributed by atoms with Crippen molar-refractivity contribution >= 4 is 36.0 Å². The van der Waals surface area contributed by atoms with Crippen molar-refractivity contribution in [3.8, 4) is 0 Å². The van der Waals surface area contributed by atoms with E-state index in [0.717, 1.165) is 6.33 Å². The summed E-state index contributed by atoms with van der Waals surface area (Å²) < 4.78 is 84.0. The molecule has 2 aromatic carbocycles. The molecule has 5 rings (SSSR count). The minimum atomic E-state index is -5.78. The molecule has 0 bridgehead atoms. The zero-order valence-electron chi connectivity index (χ0n) is 26.5. The zero-order chi connectivity index (χ0) is 33.7. The Morgan fingerprint density at radius 1 is 0.978 bits per heavy atom. The molecule has 0 atom stereocenters. The Balaban J connectivity index is 0.00000312. The van der Waals surface area contributed by atoms with Crippen LogP contribution in [0.5, 0.6) is 0 Å². The van der Waals surface area contributed by atoms with Gasteiger partial charge in [0.2, 0.25) is 5.62 Å². The van der Waals surface area contributed by atoms with Crippen LogP contribution in [0, 0.1) is 17.5 Å². The average molecular weight is 689 g/mol. The summed E-state index contributed by atoms with van der Waals surface area (Å²) in [5.41, 5.74) is -3.77. The van der Waals surface area contributed by atoms with Gasteiger partial charge in [-0.15, -0.1) is 0 Å². The van der Waals surface area contributed by atoms with E-state index in [1.807, 2.05) is 0 Å². The summed E-state index contributed by atoms with van der Waals surface area (Å²) in [7, 11) is -4.16. The summed E-state index contributed by atoms with van der Waals surface area (Å²) in [6.45, 7) is -5.94. The Morgan fingerprint density at radius 2 is 1.67 bits per heavy atom. The first-order chi connectivity index (χ1) is 21.4. The van der Waals surface area contributed by atoms with E-state index in [1.165, 1.54) is 16.8 Å². The molecule has 15 nitrogen and oxygen atoms in total. The van der Waals surface area contributed by atoms with Gasteiger partial charge in [-0.1, -0.05) is 11.6 Å². The van der Waals surface area contributed by atoms with E-state index in [9.17, 15) is 37.1 Å². The van der Waals surface area contributed by atoms with Crippen molar-refractivity contribution in [3.05, 3.63) is 97.2 Å². The quantitative estimate of drug-likeness (QED) is 0.0871. The second kappa shape index (κ2) is 14.6. The van der Waals surface area contributed by atoms with Gasteiger partial charge < -0.3 is 18.9 Å². The van der Waals surface area contributed by atoms with Crippen LogP contribution in [-0.4, -0.2) is 38.2 Å². The number of aromatic nitrogens is 8. The van der Waals surface area contributed by atoms with Gasteiger partial charge >= 0.3 is 70.5 Å². The molecule has 0 spiro atoms. The minimum absolute atomic E-state index is 0. The van der Waals surface area contributed by atoms with E-state index in [1.54, 1.807) is 13.2 Å². The Labute approximate surface area is 303 Å². The molecular formula is C23H18ClF3N9Na2O6P. The van der Waals surface area contributed by atoms with Gasteiger partial charge in [-0.25, -0.2) is 41.9 Å². The molecule has 0 aliphatic heterocycles. The smallest absolute Gasteiger partial charge is 0.790 e. The van der Waals surface area contributed by atoms with E-state index in [4.69, 9.17) is 15.7 Å². The summed E-state index contributed by atoms with van der Waals surface area (Å²) in [4.78, 5) is 58.4. The summed E-state index contributed by atoms with van der Waals surface area (Å²) in [6, 6.07) is 3.41. The van der Waals surface area contributed by atoms with Crippen LogP contribution in [0.1, 0.15) is 15.5 Å². The van der Waals surface area contributed by atoms with Crippen LogP contribution in [0.4, 0.5) is 18.9 Å². The molecular weight excluding hydrogens is 668 g/mol. The Bertz CT molecular complexity index is 2250. The van der Waals surface area contributed by atoms with Crippen LogP contribution in [0.25, 0.3) is 10.9 Å². The number of hydrogen-bond acceptors (Lipinski definition) is 10. The van der Waals surface area contributed by atoms with Crippen molar-refractivity contribution in [2.24, 2.45) is 19.0 Å². The molecule has 0 N–H and O–H groups in total. The monoisotopic (exact) mass is 688 g/mol. The first-order valence-electron chi connectivity index (χ1n) is 13.2. The maximum Gasteiger partial charge on any atom is 1.00 e. The number of rotatable bonds is 8. The number of aryl methyl sites for hydroxylation is 2. The van der Waals surface area contributed by atoms with E-state index < -0.39 is 74.6 Å². The van der Waals surface area contributed by atoms with E-state index in [0.29, 0.717) is 35.4 Å². The Kier molecular flexibility index (Phi) is 10.6. The zero-order valence-corrected chi connectivity index (χ0v) is 29.2. The number of phosphoric acid groups is 1. The maximum atomic E-state index is 14.8. The van der Waals surface area contributed by atoms with Crippen LogP contribution < -0.4 is 85.9 Å². The Hall–Kier alpha value is -2.35. The number of hydrogen-bond donors (Lipinski definition) is 0. The SMILES string of the molecule is [2H]C([2H])([2H])n1cnc(Cn2c(=O)n(COP(=O)([O-])[O-])c(=Nc3cc4cn(C)nc4cc3Cl)n(Cc3cc(F)c(F)cc3F)c2=O)n1.[Na+].[Na+]. The molecule has 0 aliphatic carbocycles. The number of benzene rings is 2. The third-order valence-corrected chi connectivity index (χ3v) is 6.65. The van der Waals surface area contributed by atoms with Crippen molar-refractivity contribution in [3.63, 3.8) is 0 Å². The normalized spacial score (nSPS) is 13.2. The number of halogens is 4. The molecule has 3 aromatic heterocycles. The summed E-state index contributed by atoms with van der Waals surface area (Å²) in [5.74, 6) is -4.73. The van der Waals surface area contributed by atoms with Gasteiger partial charge in [-0.05, 0) is 18.2 Å². The van der Waals surface area contributed by atoms with Crippen LogP contribution in [0.3, 0.4) is 0 Å². The fourth-order valence-electron chi connectivity index (χ4n) is 4.04. The largest absolute Gasteiger partial charge is 1.00 e. The average Bonchev–Trinajstić information content (AvgIpc) is 3.56. The van der Waals surface area contributed by atoms with Crippen LogP contribution in [0.2, 0.25) is 5.02 Å². The predicted molar refractivity (Wildman–Crippen MR) is 138 cm³/mol. The summed E-state index contributed by atoms with van der Waals surface area (Å²) in [6.07, 6.45) is 2.37. The van der Waals surface area contributed by atoms with Crippen molar-refractivity contribution < 1.29 is 95.3 Å². The van der Waals surface area contributed by atoms with Gasteiger partial charge in [0.05, 0.1) is 37.1 Å². The standard InChI is InChI=1S/C23H20ClF3N9O6P.2Na/c1-32-7-13-4-19(14(24)5-18(13)30-32)29-21-34(8-12-3-16(26)17(27)6-15(12)25)22(37)35(9-20-28-10-33(2)31-20)23(38)36(21)11-42-43(39,40)41;;/h3-7,10H,8-9,11H2,1-2H3,(H2,39,40,41);;/q;2*+1/p-2/i2D3;;. The molecule has 0 saturated carbocycles. The van der Waals surface area contributed by atoms with Crippen molar-refractivity contribution in [2.75, 3.05) is 0 Å². The molecule has 226 valence electrons. The maximum absolute atomic E-state index is 14.8. The summed E-state index contributed by atoms with van der Waals surface area (Å²) in [5, 5.41) is 8.29.